The summed E-state index contributed by atoms with van der Waals surface area (Å²) in [7, 11) is 0. The number of carbonyl (C=O) groups is 1. The zero-order valence-corrected chi connectivity index (χ0v) is 18.0. The van der Waals surface area contributed by atoms with Gasteiger partial charge in [-0.15, -0.1) is 0 Å². The van der Waals surface area contributed by atoms with Gasteiger partial charge in [0.15, 0.2) is 6.29 Å². The lowest BCUT2D eigenvalue weighted by Gasteiger charge is -2.55. The summed E-state index contributed by atoms with van der Waals surface area (Å²) >= 11 is 0. The largest absolute Gasteiger partial charge is 0.429 e. The topological polar surface area (TPSA) is 175 Å². The first-order valence-electron chi connectivity index (χ1n) is 10.9. The number of aliphatic hydroxyl groups is 6. The second-order valence-electron chi connectivity index (χ2n) is 9.71. The summed E-state index contributed by atoms with van der Waals surface area (Å²) in [5.74, 6) is -0.0661. The molecule has 3 aliphatic carbocycles. The third-order valence-corrected chi connectivity index (χ3v) is 7.47. The molecule has 11 nitrogen and oxygen atoms in total. The second-order valence-corrected chi connectivity index (χ2v) is 9.71. The van der Waals surface area contributed by atoms with Gasteiger partial charge in [0.1, 0.15) is 42.7 Å². The molecule has 0 spiro atoms. The van der Waals surface area contributed by atoms with Crippen LogP contribution in [-0.2, 0) is 23.7 Å². The molecule has 0 amide bonds. The molecule has 5 rings (SSSR count). The van der Waals surface area contributed by atoms with Crippen LogP contribution >= 0.6 is 0 Å². The van der Waals surface area contributed by atoms with Gasteiger partial charge in [-0.2, -0.15) is 0 Å². The minimum Gasteiger partial charge on any atom is -0.429 e. The minimum atomic E-state index is -1.68. The Morgan fingerprint density at radius 1 is 1.03 bits per heavy atom. The summed E-state index contributed by atoms with van der Waals surface area (Å²) in [5, 5.41) is 59.9. The van der Waals surface area contributed by atoms with Gasteiger partial charge in [-0.3, -0.25) is 0 Å². The molecule has 11 heteroatoms. The monoisotopic (exact) mass is 460 g/mol. The molecule has 32 heavy (non-hydrogen) atoms. The normalized spacial score (nSPS) is 47.9. The molecule has 3 fully saturated rings. The molecule has 2 saturated heterocycles. The molecule has 0 aromatic heterocycles. The van der Waals surface area contributed by atoms with Gasteiger partial charge in [0.2, 0.25) is 6.29 Å². The van der Waals surface area contributed by atoms with Crippen LogP contribution < -0.4 is 0 Å². The lowest BCUT2D eigenvalue weighted by Crippen LogP contribution is -2.61. The molecule has 2 heterocycles. The van der Waals surface area contributed by atoms with Crippen LogP contribution in [0.1, 0.15) is 26.7 Å². The highest BCUT2D eigenvalue weighted by molar-refractivity contribution is 5.90. The molecule has 2 bridgehead atoms. The van der Waals surface area contributed by atoms with E-state index in [0.29, 0.717) is 11.5 Å². The molecule has 2 aliphatic heterocycles. The quantitative estimate of drug-likeness (QED) is 0.245. The lowest BCUT2D eigenvalue weighted by molar-refractivity contribution is -0.314. The summed E-state index contributed by atoms with van der Waals surface area (Å²) in [4.78, 5) is 12.8. The Kier molecular flexibility index (Phi) is 6.67. The molecule has 1 saturated carbocycles. The van der Waals surface area contributed by atoms with Crippen LogP contribution in [0, 0.1) is 17.3 Å². The number of carbonyl (C=O) groups excluding carboxylic acids is 1. The van der Waals surface area contributed by atoms with Gasteiger partial charge in [-0.05, 0) is 30.1 Å². The van der Waals surface area contributed by atoms with Crippen LogP contribution in [0.15, 0.2) is 11.6 Å². The van der Waals surface area contributed by atoms with Crippen molar-refractivity contribution in [1.29, 1.82) is 0 Å². The van der Waals surface area contributed by atoms with Gasteiger partial charge in [0.05, 0.1) is 13.2 Å². The number of aliphatic hydroxyl groups excluding tert-OH is 6. The van der Waals surface area contributed by atoms with Crippen molar-refractivity contribution in [1.82, 2.24) is 0 Å². The Bertz CT molecular complexity index is 739. The van der Waals surface area contributed by atoms with Crippen LogP contribution in [0.3, 0.4) is 0 Å². The Labute approximate surface area is 185 Å². The second kappa shape index (κ2) is 8.90. The summed E-state index contributed by atoms with van der Waals surface area (Å²) < 4.78 is 21.4. The standard InChI is InChI=1S/C21H32O11/c1-21(2)8-3-4-9(10(21)5-8)18(28)32-20-17(27)15(25)14(24)12(31-20)7-30-19-16(26)13(23)11(22)6-29-19/h4,8,10-17,19-20,22-27H,3,5-7H2,1-2H3/t8-,10-,11-,12+,13-,14+,15-,16+,17+,19-,20-/m0/s1. The van der Waals surface area contributed by atoms with Gasteiger partial charge in [-0.1, -0.05) is 19.9 Å². The smallest absolute Gasteiger partial charge is 0.336 e. The molecule has 0 aromatic rings. The molecule has 6 N–H and O–H groups in total. The van der Waals surface area contributed by atoms with Crippen LogP contribution in [0.5, 0.6) is 0 Å². The van der Waals surface area contributed by atoms with E-state index in [4.69, 9.17) is 18.9 Å². The van der Waals surface area contributed by atoms with Crippen LogP contribution in [-0.4, -0.2) is 105 Å². The fourth-order valence-corrected chi connectivity index (χ4v) is 5.02. The van der Waals surface area contributed by atoms with Crippen molar-refractivity contribution >= 4 is 5.97 Å². The summed E-state index contributed by atoms with van der Waals surface area (Å²) in [6, 6.07) is 0. The van der Waals surface area contributed by atoms with Crippen molar-refractivity contribution in [3.05, 3.63) is 11.6 Å². The average molecular weight is 460 g/mol. The molecular weight excluding hydrogens is 428 g/mol. The van der Waals surface area contributed by atoms with Crippen LogP contribution in [0.2, 0.25) is 0 Å². The number of rotatable bonds is 5. The maximum Gasteiger partial charge on any atom is 0.336 e. The first-order valence-corrected chi connectivity index (χ1v) is 10.9. The maximum absolute atomic E-state index is 12.8. The van der Waals surface area contributed by atoms with E-state index in [1.54, 1.807) is 0 Å². The number of ether oxygens (including phenoxy) is 4. The van der Waals surface area contributed by atoms with Crippen molar-refractivity contribution in [2.75, 3.05) is 13.2 Å². The van der Waals surface area contributed by atoms with E-state index < -0.39 is 67.9 Å². The number of allylic oxidation sites excluding steroid dienone is 1. The highest BCUT2D eigenvalue weighted by atomic mass is 16.7. The average Bonchev–Trinajstić information content (AvgIpc) is 2.77. The molecule has 182 valence electrons. The Balaban J connectivity index is 1.37. The van der Waals surface area contributed by atoms with Gasteiger partial charge in [0.25, 0.3) is 0 Å². The number of esters is 1. The molecule has 11 atom stereocenters. The molecule has 0 radical (unpaired) electrons. The van der Waals surface area contributed by atoms with Gasteiger partial charge >= 0.3 is 5.97 Å². The lowest BCUT2D eigenvalue weighted by atomic mass is 9.49. The van der Waals surface area contributed by atoms with Crippen molar-refractivity contribution in [3.8, 4) is 0 Å². The molecule has 0 aromatic carbocycles. The highest BCUT2D eigenvalue weighted by Crippen LogP contribution is 2.59. The third kappa shape index (κ3) is 4.10. The van der Waals surface area contributed by atoms with E-state index >= 15 is 0 Å². The summed E-state index contributed by atoms with van der Waals surface area (Å²) in [6.45, 7) is 3.52. The van der Waals surface area contributed by atoms with Crippen molar-refractivity contribution < 1.29 is 54.4 Å². The summed E-state index contributed by atoms with van der Waals surface area (Å²) in [5.41, 5.74) is 0.508. The molecular formula is C21H32O11. The van der Waals surface area contributed by atoms with Crippen LogP contribution in [0.4, 0.5) is 0 Å². The zero-order chi connectivity index (χ0) is 23.4. The van der Waals surface area contributed by atoms with Gasteiger partial charge in [0, 0.05) is 5.57 Å². The molecule has 5 aliphatic rings. The predicted molar refractivity (Wildman–Crippen MR) is 105 cm³/mol. The fraction of sp³-hybridized carbons (Fsp3) is 0.857. The first kappa shape index (κ1) is 24.0. The Hall–Kier alpha value is -1.15. The number of hydrogen-bond donors (Lipinski definition) is 6. The van der Waals surface area contributed by atoms with Gasteiger partial charge < -0.3 is 49.6 Å². The van der Waals surface area contributed by atoms with Crippen LogP contribution in [0.25, 0.3) is 0 Å². The zero-order valence-electron chi connectivity index (χ0n) is 18.0. The van der Waals surface area contributed by atoms with E-state index in [-0.39, 0.29) is 17.9 Å². The molecule has 0 unspecified atom stereocenters. The van der Waals surface area contributed by atoms with Crippen molar-refractivity contribution in [2.45, 2.75) is 82.0 Å². The minimum absolute atomic E-state index is 0.0137. The van der Waals surface area contributed by atoms with E-state index in [9.17, 15) is 35.4 Å². The first-order chi connectivity index (χ1) is 15.0. The van der Waals surface area contributed by atoms with E-state index in [2.05, 4.69) is 13.8 Å². The fourth-order valence-electron chi connectivity index (χ4n) is 5.02. The Morgan fingerprint density at radius 2 is 1.72 bits per heavy atom. The predicted octanol–water partition coefficient (Wildman–Crippen LogP) is -2.21. The van der Waals surface area contributed by atoms with E-state index in [1.165, 1.54) is 0 Å². The van der Waals surface area contributed by atoms with E-state index in [0.717, 1.165) is 12.8 Å². The van der Waals surface area contributed by atoms with E-state index in [1.807, 2.05) is 6.08 Å². The number of fused-ring (bicyclic) bond motifs is 1. The highest BCUT2D eigenvalue weighted by Gasteiger charge is 2.54. The SMILES string of the molecule is CC1(C)[C@H]2CC=C(C(=O)O[C@@H]3O[C@H](CO[C@@H]4OC[C@H](O)[C@H](O)[C@H]4O)[C@@H](O)[C@H](O)[C@H]3O)[C@@H]1C2. The van der Waals surface area contributed by atoms with Crippen molar-refractivity contribution in [3.63, 3.8) is 0 Å². The van der Waals surface area contributed by atoms with Gasteiger partial charge in [-0.25, -0.2) is 4.79 Å². The summed E-state index contributed by atoms with van der Waals surface area (Å²) in [6.07, 6.45) is -9.79. The third-order valence-electron chi connectivity index (χ3n) is 7.47. The van der Waals surface area contributed by atoms with Crippen molar-refractivity contribution in [2.24, 2.45) is 17.3 Å². The maximum atomic E-state index is 12.8. The number of hydrogen-bond acceptors (Lipinski definition) is 11. The Morgan fingerprint density at radius 3 is 2.38 bits per heavy atom.